The summed E-state index contributed by atoms with van der Waals surface area (Å²) in [6.07, 6.45) is 1.90. The lowest BCUT2D eigenvalue weighted by Gasteiger charge is -2.11. The molecule has 1 aromatic heterocycles. The fraction of sp³-hybridized carbons (Fsp3) is 0.200. The molecule has 0 unspecified atom stereocenters. The van der Waals surface area contributed by atoms with Gasteiger partial charge in [-0.2, -0.15) is 0 Å². The fourth-order valence-corrected chi connectivity index (χ4v) is 4.17. The van der Waals surface area contributed by atoms with Gasteiger partial charge in [-0.05, 0) is 43.5 Å². The lowest BCUT2D eigenvalue weighted by atomic mass is 10.1. The molecular weight excluding hydrogens is 368 g/mol. The van der Waals surface area contributed by atoms with Crippen molar-refractivity contribution in [3.63, 3.8) is 0 Å². The number of fused-ring (bicyclic) bond motifs is 1. The minimum atomic E-state index is -0.250. The van der Waals surface area contributed by atoms with Crippen molar-refractivity contribution in [2.24, 2.45) is 5.92 Å². The highest BCUT2D eigenvalue weighted by atomic mass is 35.5. The highest BCUT2D eigenvalue weighted by Gasteiger charge is 2.29. The second-order valence-electron chi connectivity index (χ2n) is 6.49. The van der Waals surface area contributed by atoms with E-state index in [1.54, 1.807) is 6.07 Å². The molecular formula is C20H17ClN2O2S. The maximum absolute atomic E-state index is 12.7. The largest absolute Gasteiger partial charge is 0.326 e. The quantitative estimate of drug-likeness (QED) is 0.627. The molecule has 3 aromatic rings. The Balaban J connectivity index is 1.56. The van der Waals surface area contributed by atoms with Crippen molar-refractivity contribution in [3.05, 3.63) is 57.9 Å². The summed E-state index contributed by atoms with van der Waals surface area (Å²) in [7, 11) is 0. The van der Waals surface area contributed by atoms with Crippen LogP contribution in [-0.2, 0) is 4.79 Å². The number of amides is 2. The van der Waals surface area contributed by atoms with Crippen LogP contribution in [0.3, 0.4) is 0 Å². The molecule has 1 fully saturated rings. The van der Waals surface area contributed by atoms with E-state index < -0.39 is 0 Å². The summed E-state index contributed by atoms with van der Waals surface area (Å²) in [5.74, 6) is -0.0753. The molecule has 2 aromatic carbocycles. The van der Waals surface area contributed by atoms with Crippen molar-refractivity contribution in [1.82, 2.24) is 0 Å². The SMILES string of the molecule is Cc1ccc(NC(=O)c2sc3ccccc3c2Cl)cc1NC(=O)C1CC1. The number of halogens is 1. The van der Waals surface area contributed by atoms with E-state index >= 15 is 0 Å². The van der Waals surface area contributed by atoms with Crippen molar-refractivity contribution in [3.8, 4) is 0 Å². The van der Waals surface area contributed by atoms with Crippen LogP contribution in [0.5, 0.6) is 0 Å². The minimum Gasteiger partial charge on any atom is -0.326 e. The van der Waals surface area contributed by atoms with E-state index in [0.717, 1.165) is 34.2 Å². The Morgan fingerprint density at radius 1 is 1.12 bits per heavy atom. The zero-order valence-electron chi connectivity index (χ0n) is 14.1. The molecule has 0 bridgehead atoms. The molecule has 1 heterocycles. The van der Waals surface area contributed by atoms with Crippen molar-refractivity contribution in [1.29, 1.82) is 0 Å². The van der Waals surface area contributed by atoms with E-state index in [1.807, 2.05) is 43.3 Å². The van der Waals surface area contributed by atoms with Crippen LogP contribution in [0.2, 0.25) is 5.02 Å². The average Bonchev–Trinajstić information content (AvgIpc) is 3.42. The smallest absolute Gasteiger partial charge is 0.267 e. The molecule has 1 saturated carbocycles. The number of carbonyl (C=O) groups is 2. The molecule has 4 nitrogen and oxygen atoms in total. The highest BCUT2D eigenvalue weighted by Crippen LogP contribution is 2.36. The summed E-state index contributed by atoms with van der Waals surface area (Å²) in [5.41, 5.74) is 2.30. The lowest BCUT2D eigenvalue weighted by Crippen LogP contribution is -2.15. The highest BCUT2D eigenvalue weighted by molar-refractivity contribution is 7.21. The number of hydrogen-bond donors (Lipinski definition) is 2. The number of carbonyl (C=O) groups excluding carboxylic acids is 2. The molecule has 1 aliphatic rings. The molecule has 1 aliphatic carbocycles. The van der Waals surface area contributed by atoms with E-state index in [1.165, 1.54) is 11.3 Å². The molecule has 2 amide bonds. The van der Waals surface area contributed by atoms with Gasteiger partial charge < -0.3 is 10.6 Å². The molecule has 0 aliphatic heterocycles. The number of anilines is 2. The van der Waals surface area contributed by atoms with E-state index in [4.69, 9.17) is 11.6 Å². The Hall–Kier alpha value is -2.37. The first-order chi connectivity index (χ1) is 12.5. The Morgan fingerprint density at radius 2 is 1.88 bits per heavy atom. The third-order valence-electron chi connectivity index (χ3n) is 4.44. The molecule has 132 valence electrons. The lowest BCUT2D eigenvalue weighted by molar-refractivity contribution is -0.117. The number of benzene rings is 2. The van der Waals surface area contributed by atoms with Crippen molar-refractivity contribution in [2.75, 3.05) is 10.6 Å². The maximum atomic E-state index is 12.7. The van der Waals surface area contributed by atoms with E-state index in [2.05, 4.69) is 10.6 Å². The van der Waals surface area contributed by atoms with Gasteiger partial charge in [0.05, 0.1) is 5.02 Å². The van der Waals surface area contributed by atoms with E-state index in [-0.39, 0.29) is 17.7 Å². The standard InChI is InChI=1S/C20H17ClN2O2S/c1-11-6-9-13(10-15(11)23-19(24)12-7-8-12)22-20(25)18-17(21)14-4-2-3-5-16(14)26-18/h2-6,9-10,12H,7-8H2,1H3,(H,22,25)(H,23,24). The van der Waals surface area contributed by atoms with Crippen LogP contribution in [0.25, 0.3) is 10.1 Å². The van der Waals surface area contributed by atoms with Crippen molar-refractivity contribution < 1.29 is 9.59 Å². The Morgan fingerprint density at radius 3 is 2.62 bits per heavy atom. The summed E-state index contributed by atoms with van der Waals surface area (Å²) in [6.45, 7) is 1.93. The Labute approximate surface area is 160 Å². The van der Waals surface area contributed by atoms with E-state index in [0.29, 0.717) is 15.6 Å². The second-order valence-corrected chi connectivity index (χ2v) is 7.92. The van der Waals surface area contributed by atoms with Gasteiger partial charge in [0.25, 0.3) is 5.91 Å². The van der Waals surface area contributed by atoms with Gasteiger partial charge in [0.2, 0.25) is 5.91 Å². The van der Waals surface area contributed by atoms with Crippen LogP contribution in [0.1, 0.15) is 28.1 Å². The van der Waals surface area contributed by atoms with Crippen LogP contribution >= 0.6 is 22.9 Å². The summed E-state index contributed by atoms with van der Waals surface area (Å²) >= 11 is 7.75. The average molecular weight is 385 g/mol. The normalized spacial score (nSPS) is 13.6. The Kier molecular flexibility index (Phi) is 4.42. The zero-order valence-corrected chi connectivity index (χ0v) is 15.7. The van der Waals surface area contributed by atoms with Crippen LogP contribution in [0.4, 0.5) is 11.4 Å². The number of rotatable bonds is 4. The van der Waals surface area contributed by atoms with Crippen LogP contribution in [0, 0.1) is 12.8 Å². The second kappa shape index (κ2) is 6.74. The molecule has 2 N–H and O–H groups in total. The summed E-state index contributed by atoms with van der Waals surface area (Å²) in [5, 5.41) is 7.18. The molecule has 0 saturated heterocycles. The predicted molar refractivity (Wildman–Crippen MR) is 107 cm³/mol. The van der Waals surface area contributed by atoms with Gasteiger partial charge >= 0.3 is 0 Å². The molecule has 6 heteroatoms. The first kappa shape index (κ1) is 17.1. The Bertz CT molecular complexity index is 1020. The van der Waals surface area contributed by atoms with Gasteiger partial charge in [-0.1, -0.05) is 35.9 Å². The molecule has 26 heavy (non-hydrogen) atoms. The van der Waals surface area contributed by atoms with Crippen LogP contribution in [0.15, 0.2) is 42.5 Å². The third kappa shape index (κ3) is 3.32. The number of thiophene rings is 1. The molecule has 0 radical (unpaired) electrons. The van der Waals surface area contributed by atoms with Crippen molar-refractivity contribution in [2.45, 2.75) is 19.8 Å². The van der Waals surface area contributed by atoms with Crippen LogP contribution in [-0.4, -0.2) is 11.8 Å². The van der Waals surface area contributed by atoms with Crippen molar-refractivity contribution >= 4 is 56.2 Å². The third-order valence-corrected chi connectivity index (χ3v) is 6.12. The van der Waals surface area contributed by atoms with Gasteiger partial charge in [0.1, 0.15) is 4.88 Å². The topological polar surface area (TPSA) is 58.2 Å². The van der Waals surface area contributed by atoms with Gasteiger partial charge in [-0.3, -0.25) is 9.59 Å². The minimum absolute atomic E-state index is 0.0455. The maximum Gasteiger partial charge on any atom is 0.267 e. The van der Waals surface area contributed by atoms with Crippen LogP contribution < -0.4 is 10.6 Å². The molecule has 0 spiro atoms. The first-order valence-electron chi connectivity index (χ1n) is 8.43. The van der Waals surface area contributed by atoms with Gasteiger partial charge in [-0.25, -0.2) is 0 Å². The van der Waals surface area contributed by atoms with E-state index in [9.17, 15) is 9.59 Å². The molecule has 4 rings (SSSR count). The fourth-order valence-electron chi connectivity index (χ4n) is 2.76. The summed E-state index contributed by atoms with van der Waals surface area (Å²) in [4.78, 5) is 25.2. The predicted octanol–water partition coefficient (Wildman–Crippen LogP) is 5.46. The number of nitrogens with one attached hydrogen (secondary N) is 2. The number of aryl methyl sites for hydroxylation is 1. The van der Waals surface area contributed by atoms with Gasteiger partial charge in [-0.15, -0.1) is 11.3 Å². The summed E-state index contributed by atoms with van der Waals surface area (Å²) < 4.78 is 0.976. The zero-order chi connectivity index (χ0) is 18.3. The van der Waals surface area contributed by atoms with Gasteiger partial charge in [0.15, 0.2) is 0 Å². The first-order valence-corrected chi connectivity index (χ1v) is 9.62. The summed E-state index contributed by atoms with van der Waals surface area (Å²) in [6, 6.07) is 13.2. The molecule has 0 atom stereocenters. The van der Waals surface area contributed by atoms with Gasteiger partial charge in [0, 0.05) is 27.4 Å². The monoisotopic (exact) mass is 384 g/mol. The number of hydrogen-bond acceptors (Lipinski definition) is 3.